The fraction of sp³-hybridized carbons (Fsp3) is 0.522. The molecule has 35 heavy (non-hydrogen) atoms. The van der Waals surface area contributed by atoms with E-state index in [-0.39, 0.29) is 23.1 Å². The first-order valence-electron chi connectivity index (χ1n) is 11.4. The number of pyridine rings is 1. The summed E-state index contributed by atoms with van der Waals surface area (Å²) in [6.07, 6.45) is 5.15. The highest BCUT2D eigenvalue weighted by Crippen LogP contribution is 2.41. The lowest BCUT2D eigenvalue weighted by molar-refractivity contribution is -0.136. The molecule has 1 atom stereocenters. The molecule has 0 radical (unpaired) electrons. The molecule has 1 spiro atoms. The minimum Gasteiger partial charge on any atom is -0.479 e. The number of hydrogen-bond donors (Lipinski definition) is 0. The van der Waals surface area contributed by atoms with Crippen LogP contribution >= 0.6 is 0 Å². The first kappa shape index (κ1) is 23.2. The molecule has 5 heterocycles. The van der Waals surface area contributed by atoms with Crippen LogP contribution < -0.4 is 19.3 Å². The molecule has 3 fully saturated rings. The van der Waals surface area contributed by atoms with E-state index < -0.39 is 18.6 Å². The van der Waals surface area contributed by atoms with Crippen LogP contribution in [0.2, 0.25) is 0 Å². The van der Waals surface area contributed by atoms with Crippen LogP contribution in [0, 0.1) is 5.41 Å². The largest absolute Gasteiger partial charge is 0.479 e. The average molecular weight is 488 g/mol. The van der Waals surface area contributed by atoms with E-state index in [4.69, 9.17) is 9.47 Å². The highest BCUT2D eigenvalue weighted by Gasteiger charge is 2.54. The third-order valence-electron chi connectivity index (χ3n) is 6.55. The summed E-state index contributed by atoms with van der Waals surface area (Å²) < 4.78 is 36.5. The van der Waals surface area contributed by atoms with E-state index in [2.05, 4.69) is 15.0 Å². The van der Waals surface area contributed by atoms with Gasteiger partial charge in [-0.3, -0.25) is 9.59 Å². The summed E-state index contributed by atoms with van der Waals surface area (Å²) in [6, 6.07) is 2.94. The number of alkyl halides is 2. The van der Waals surface area contributed by atoms with E-state index in [1.807, 2.05) is 11.9 Å². The van der Waals surface area contributed by atoms with Crippen molar-refractivity contribution in [3.05, 3.63) is 30.7 Å². The van der Waals surface area contributed by atoms with Crippen molar-refractivity contribution in [1.29, 1.82) is 0 Å². The van der Waals surface area contributed by atoms with Gasteiger partial charge in [-0.25, -0.2) is 23.7 Å². The van der Waals surface area contributed by atoms with Crippen molar-refractivity contribution in [1.82, 2.24) is 19.9 Å². The summed E-state index contributed by atoms with van der Waals surface area (Å²) in [5, 5.41) is 0. The van der Waals surface area contributed by atoms with Gasteiger partial charge in [-0.05, 0) is 12.5 Å². The minimum absolute atomic E-state index is 0.0490. The van der Waals surface area contributed by atoms with Crippen LogP contribution in [0.15, 0.2) is 30.7 Å². The summed E-state index contributed by atoms with van der Waals surface area (Å²) in [6.45, 7) is 2.42. The highest BCUT2D eigenvalue weighted by molar-refractivity contribution is 5.98. The Balaban J connectivity index is 1.15. The van der Waals surface area contributed by atoms with Crippen molar-refractivity contribution in [3.8, 4) is 11.6 Å². The maximum absolute atomic E-state index is 12.9. The molecular weight excluding hydrogens is 462 g/mol. The zero-order valence-electron chi connectivity index (χ0n) is 19.5. The number of carbonyl (C=O) groups excluding carboxylic acids is 2. The van der Waals surface area contributed by atoms with Gasteiger partial charge in [0, 0.05) is 52.6 Å². The van der Waals surface area contributed by atoms with Crippen molar-refractivity contribution in [2.75, 3.05) is 49.6 Å². The Bertz CT molecular complexity index is 1100. The number of rotatable bonds is 7. The number of hydrogen-bond acceptors (Lipinski definition) is 8. The van der Waals surface area contributed by atoms with Crippen LogP contribution in [0.3, 0.4) is 0 Å². The summed E-state index contributed by atoms with van der Waals surface area (Å²) in [4.78, 5) is 43.3. The van der Waals surface area contributed by atoms with Crippen molar-refractivity contribution in [3.63, 3.8) is 0 Å². The third-order valence-corrected chi connectivity index (χ3v) is 6.55. The summed E-state index contributed by atoms with van der Waals surface area (Å²) >= 11 is 0. The van der Waals surface area contributed by atoms with Gasteiger partial charge in [0.25, 0.3) is 11.8 Å². The SMILES string of the molecule is CN1CCC2(CN(c3ncc(N4CC[C@@H](Oc5ccc(OCC(C)(F)F)nc5)C4=O)cn3)C2)C1=O. The third kappa shape index (κ3) is 4.56. The van der Waals surface area contributed by atoms with Gasteiger partial charge in [0.15, 0.2) is 12.7 Å². The maximum atomic E-state index is 12.9. The van der Waals surface area contributed by atoms with E-state index in [9.17, 15) is 18.4 Å². The number of likely N-dealkylation sites (tertiary alicyclic amines) is 1. The molecule has 12 heteroatoms. The van der Waals surface area contributed by atoms with Gasteiger partial charge in [-0.1, -0.05) is 0 Å². The Labute approximate surface area is 200 Å². The summed E-state index contributed by atoms with van der Waals surface area (Å²) in [5.41, 5.74) is 0.256. The zero-order valence-corrected chi connectivity index (χ0v) is 19.5. The first-order valence-corrected chi connectivity index (χ1v) is 11.4. The molecule has 0 aromatic carbocycles. The molecule has 2 aromatic heterocycles. The van der Waals surface area contributed by atoms with Crippen LogP contribution in [0.5, 0.6) is 11.6 Å². The molecule has 0 unspecified atom stereocenters. The van der Waals surface area contributed by atoms with Crippen LogP contribution in [-0.2, 0) is 9.59 Å². The van der Waals surface area contributed by atoms with Gasteiger partial charge in [-0.2, -0.15) is 0 Å². The second-order valence-electron chi connectivity index (χ2n) is 9.43. The first-order chi connectivity index (χ1) is 16.6. The molecule has 2 aromatic rings. The molecule has 3 saturated heterocycles. The molecule has 0 aliphatic carbocycles. The minimum atomic E-state index is -2.96. The molecule has 0 N–H and O–H groups in total. The number of carbonyl (C=O) groups is 2. The Hall–Kier alpha value is -3.57. The molecule has 3 aliphatic heterocycles. The Kier molecular flexibility index (Phi) is 5.68. The van der Waals surface area contributed by atoms with Crippen molar-refractivity contribution in [2.45, 2.75) is 31.8 Å². The quantitative estimate of drug-likeness (QED) is 0.581. The molecular formula is C23H26F2N6O4. The van der Waals surface area contributed by atoms with Crippen LogP contribution in [0.4, 0.5) is 20.4 Å². The number of anilines is 2. The maximum Gasteiger partial charge on any atom is 0.278 e. The fourth-order valence-corrected chi connectivity index (χ4v) is 4.64. The predicted octanol–water partition coefficient (Wildman–Crippen LogP) is 1.76. The van der Waals surface area contributed by atoms with Gasteiger partial charge >= 0.3 is 0 Å². The second-order valence-corrected chi connectivity index (χ2v) is 9.43. The Morgan fingerprint density at radius 1 is 1.11 bits per heavy atom. The molecule has 186 valence electrons. The van der Waals surface area contributed by atoms with Crippen molar-refractivity contribution in [2.24, 2.45) is 5.41 Å². The van der Waals surface area contributed by atoms with Gasteiger partial charge in [0.1, 0.15) is 5.75 Å². The van der Waals surface area contributed by atoms with E-state index in [1.165, 1.54) is 18.3 Å². The number of ether oxygens (including phenoxy) is 2. The lowest BCUT2D eigenvalue weighted by atomic mass is 9.78. The highest BCUT2D eigenvalue weighted by atomic mass is 19.3. The van der Waals surface area contributed by atoms with Crippen LogP contribution in [-0.4, -0.2) is 83.5 Å². The van der Waals surface area contributed by atoms with Crippen molar-refractivity contribution >= 4 is 23.5 Å². The Morgan fingerprint density at radius 3 is 2.46 bits per heavy atom. The number of amides is 2. The van der Waals surface area contributed by atoms with E-state index in [0.717, 1.165) is 19.9 Å². The number of nitrogens with zero attached hydrogens (tertiary/aromatic N) is 6. The molecule has 0 saturated carbocycles. The topological polar surface area (TPSA) is 101 Å². The van der Waals surface area contributed by atoms with Crippen LogP contribution in [0.1, 0.15) is 19.8 Å². The van der Waals surface area contributed by atoms with E-state index in [0.29, 0.717) is 43.4 Å². The van der Waals surface area contributed by atoms with Crippen LogP contribution in [0.25, 0.3) is 0 Å². The van der Waals surface area contributed by atoms with Gasteiger partial charge in [0.2, 0.25) is 17.7 Å². The normalized spacial score (nSPS) is 21.6. The lowest BCUT2D eigenvalue weighted by Crippen LogP contribution is -2.60. The summed E-state index contributed by atoms with van der Waals surface area (Å²) in [5.74, 6) is -2.08. The van der Waals surface area contributed by atoms with E-state index >= 15 is 0 Å². The molecule has 3 aliphatic rings. The fourth-order valence-electron chi connectivity index (χ4n) is 4.64. The number of halogens is 2. The predicted molar refractivity (Wildman–Crippen MR) is 121 cm³/mol. The molecule has 10 nitrogen and oxygen atoms in total. The molecule has 0 bridgehead atoms. The average Bonchev–Trinajstić information content (AvgIpc) is 3.31. The second kappa shape index (κ2) is 8.58. The monoisotopic (exact) mass is 488 g/mol. The van der Waals surface area contributed by atoms with Gasteiger partial charge < -0.3 is 24.2 Å². The molecule has 5 rings (SSSR count). The zero-order chi connectivity index (χ0) is 24.8. The lowest BCUT2D eigenvalue weighted by Gasteiger charge is -2.46. The smallest absolute Gasteiger partial charge is 0.278 e. The summed E-state index contributed by atoms with van der Waals surface area (Å²) in [7, 11) is 1.83. The molecule has 2 amide bonds. The van der Waals surface area contributed by atoms with Gasteiger partial charge in [-0.15, -0.1) is 0 Å². The number of aromatic nitrogens is 3. The Morgan fingerprint density at radius 2 is 1.86 bits per heavy atom. The van der Waals surface area contributed by atoms with Gasteiger partial charge in [0.05, 0.1) is 29.7 Å². The standard InChI is InChI=1S/C23H26F2N6O4/c1-22(24,25)14-34-18-4-3-16(11-26-18)35-17-5-7-31(19(17)32)15-9-27-21(28-10-15)30-12-23(13-30)6-8-29(2)20(23)33/h3-4,9-11,17H,5-8,12-14H2,1-2H3/t17-/m1/s1. The van der Waals surface area contributed by atoms with Crippen molar-refractivity contribution < 1.29 is 27.8 Å². The van der Waals surface area contributed by atoms with E-state index in [1.54, 1.807) is 22.2 Å².